The summed E-state index contributed by atoms with van der Waals surface area (Å²) in [6, 6.07) is 13.7. The van der Waals surface area contributed by atoms with Crippen molar-refractivity contribution >= 4 is 5.91 Å². The molecule has 7 heteroatoms. The summed E-state index contributed by atoms with van der Waals surface area (Å²) in [6.07, 6.45) is 0.509. The van der Waals surface area contributed by atoms with E-state index in [0.29, 0.717) is 29.5 Å². The summed E-state index contributed by atoms with van der Waals surface area (Å²) in [4.78, 5) is 11.9. The molecule has 6 nitrogen and oxygen atoms in total. The molecule has 26 heavy (non-hydrogen) atoms. The van der Waals surface area contributed by atoms with Crippen molar-refractivity contribution in [3.63, 3.8) is 0 Å². The lowest BCUT2D eigenvalue weighted by molar-refractivity contribution is -0.121. The summed E-state index contributed by atoms with van der Waals surface area (Å²) in [7, 11) is 1.58. The molecule has 1 N–H and O–H groups in total. The Kier molecular flexibility index (Phi) is 5.58. The number of aromatic nitrogens is 2. The molecule has 0 aliphatic rings. The molecule has 0 unspecified atom stereocenters. The lowest BCUT2D eigenvalue weighted by atomic mass is 10.1. The van der Waals surface area contributed by atoms with Crippen molar-refractivity contribution < 1.29 is 18.3 Å². The van der Waals surface area contributed by atoms with Gasteiger partial charge in [0.15, 0.2) is 0 Å². The van der Waals surface area contributed by atoms with Crippen molar-refractivity contribution in [1.29, 1.82) is 0 Å². The number of halogens is 1. The first-order chi connectivity index (χ1) is 12.7. The number of amides is 1. The number of methoxy groups -OCH3 is 1. The standard InChI is InChI=1S/C19H18FN3O3/c1-25-15-7-4-6-14(11-15)19-23-22-18(26-19)12-21-17(24)10-9-13-5-2-3-8-16(13)20/h2-8,11H,9-10,12H2,1H3,(H,21,24). The minimum atomic E-state index is -0.305. The molecule has 0 saturated heterocycles. The summed E-state index contributed by atoms with van der Waals surface area (Å²) < 4.78 is 24.2. The van der Waals surface area contributed by atoms with E-state index in [9.17, 15) is 9.18 Å². The topological polar surface area (TPSA) is 77.3 Å². The van der Waals surface area contributed by atoms with Gasteiger partial charge in [-0.15, -0.1) is 10.2 Å². The second-order valence-electron chi connectivity index (χ2n) is 5.60. The summed E-state index contributed by atoms with van der Waals surface area (Å²) >= 11 is 0. The molecular weight excluding hydrogens is 337 g/mol. The fourth-order valence-electron chi connectivity index (χ4n) is 2.41. The Balaban J connectivity index is 1.53. The van der Waals surface area contributed by atoms with Crippen molar-refractivity contribution in [2.45, 2.75) is 19.4 Å². The number of rotatable bonds is 7. The van der Waals surface area contributed by atoms with E-state index < -0.39 is 0 Å². The number of hydrogen-bond donors (Lipinski definition) is 1. The van der Waals surface area contributed by atoms with Crippen LogP contribution in [0.2, 0.25) is 0 Å². The van der Waals surface area contributed by atoms with Gasteiger partial charge in [0.25, 0.3) is 0 Å². The second kappa shape index (κ2) is 8.24. The van der Waals surface area contributed by atoms with Crippen LogP contribution < -0.4 is 10.1 Å². The number of aryl methyl sites for hydroxylation is 1. The summed E-state index contributed by atoms with van der Waals surface area (Å²) in [6.45, 7) is 0.118. The molecule has 0 radical (unpaired) electrons. The maximum absolute atomic E-state index is 13.5. The van der Waals surface area contributed by atoms with Crippen molar-refractivity contribution in [2.24, 2.45) is 0 Å². The van der Waals surface area contributed by atoms with Crippen LogP contribution in [0.4, 0.5) is 4.39 Å². The zero-order chi connectivity index (χ0) is 18.4. The number of benzene rings is 2. The summed E-state index contributed by atoms with van der Waals surface area (Å²) in [5, 5.41) is 10.6. The summed E-state index contributed by atoms with van der Waals surface area (Å²) in [5.41, 5.74) is 1.25. The molecule has 0 aliphatic carbocycles. The van der Waals surface area contributed by atoms with Gasteiger partial charge in [0, 0.05) is 12.0 Å². The molecule has 1 aromatic heterocycles. The third kappa shape index (κ3) is 4.44. The van der Waals surface area contributed by atoms with E-state index in [1.807, 2.05) is 18.2 Å². The highest BCUT2D eigenvalue weighted by Gasteiger charge is 2.11. The van der Waals surface area contributed by atoms with Crippen molar-refractivity contribution in [3.05, 3.63) is 65.8 Å². The fraction of sp³-hybridized carbons (Fsp3) is 0.211. The lowest BCUT2D eigenvalue weighted by Crippen LogP contribution is -2.23. The van der Waals surface area contributed by atoms with Gasteiger partial charge in [0.2, 0.25) is 17.7 Å². The van der Waals surface area contributed by atoms with Gasteiger partial charge in [0.1, 0.15) is 11.6 Å². The Morgan fingerprint density at radius 1 is 1.19 bits per heavy atom. The van der Waals surface area contributed by atoms with Gasteiger partial charge in [0.05, 0.1) is 13.7 Å². The van der Waals surface area contributed by atoms with Crippen LogP contribution in [-0.2, 0) is 17.8 Å². The predicted octanol–water partition coefficient (Wildman–Crippen LogP) is 3.13. The van der Waals surface area contributed by atoms with Gasteiger partial charge in [-0.2, -0.15) is 0 Å². The molecule has 3 aromatic rings. The van der Waals surface area contributed by atoms with Crippen molar-refractivity contribution in [3.8, 4) is 17.2 Å². The Bertz CT molecular complexity index is 895. The Labute approximate surface area is 150 Å². The zero-order valence-corrected chi connectivity index (χ0v) is 14.2. The van der Waals surface area contributed by atoms with E-state index in [2.05, 4.69) is 15.5 Å². The van der Waals surface area contributed by atoms with Gasteiger partial charge < -0.3 is 14.5 Å². The Morgan fingerprint density at radius 3 is 2.85 bits per heavy atom. The molecule has 134 valence electrons. The first-order valence-corrected chi connectivity index (χ1v) is 8.12. The molecule has 3 rings (SSSR count). The van der Waals surface area contributed by atoms with E-state index >= 15 is 0 Å². The highest BCUT2D eigenvalue weighted by Crippen LogP contribution is 2.22. The highest BCUT2D eigenvalue weighted by atomic mass is 19.1. The predicted molar refractivity (Wildman–Crippen MR) is 92.9 cm³/mol. The largest absolute Gasteiger partial charge is 0.497 e. The van der Waals surface area contributed by atoms with E-state index in [4.69, 9.17) is 9.15 Å². The molecule has 1 amide bonds. The number of nitrogens with one attached hydrogen (secondary N) is 1. The number of carbonyl (C=O) groups is 1. The third-order valence-corrected chi connectivity index (χ3v) is 3.80. The first kappa shape index (κ1) is 17.6. The first-order valence-electron chi connectivity index (χ1n) is 8.12. The van der Waals surface area contributed by atoms with Gasteiger partial charge >= 0.3 is 0 Å². The minimum Gasteiger partial charge on any atom is -0.497 e. The van der Waals surface area contributed by atoms with Crippen LogP contribution in [0, 0.1) is 5.82 Å². The Morgan fingerprint density at radius 2 is 2.04 bits per heavy atom. The SMILES string of the molecule is COc1cccc(-c2nnc(CNC(=O)CCc3ccccc3F)o2)c1. The van der Waals surface area contributed by atoms with Crippen LogP contribution >= 0.6 is 0 Å². The molecule has 0 bridgehead atoms. The van der Waals surface area contributed by atoms with Crippen molar-refractivity contribution in [2.75, 3.05) is 7.11 Å². The molecule has 0 spiro atoms. The summed E-state index contributed by atoms with van der Waals surface area (Å²) in [5.74, 6) is 0.805. The van der Waals surface area contributed by atoms with Gasteiger partial charge in [-0.05, 0) is 36.2 Å². The monoisotopic (exact) mass is 355 g/mol. The maximum Gasteiger partial charge on any atom is 0.247 e. The van der Waals surface area contributed by atoms with Crippen LogP contribution in [0.3, 0.4) is 0 Å². The van der Waals surface area contributed by atoms with E-state index in [1.165, 1.54) is 6.07 Å². The van der Waals surface area contributed by atoms with Crippen molar-refractivity contribution in [1.82, 2.24) is 15.5 Å². The minimum absolute atomic E-state index is 0.118. The smallest absolute Gasteiger partial charge is 0.247 e. The number of hydrogen-bond acceptors (Lipinski definition) is 5. The van der Waals surface area contributed by atoms with Crippen LogP contribution in [-0.4, -0.2) is 23.2 Å². The quantitative estimate of drug-likeness (QED) is 0.704. The van der Waals surface area contributed by atoms with E-state index in [-0.39, 0.29) is 24.7 Å². The normalized spacial score (nSPS) is 10.5. The van der Waals surface area contributed by atoms with E-state index in [1.54, 1.807) is 31.4 Å². The van der Waals surface area contributed by atoms with Crippen LogP contribution in [0.1, 0.15) is 17.9 Å². The van der Waals surface area contributed by atoms with E-state index in [0.717, 1.165) is 5.56 Å². The second-order valence-corrected chi connectivity index (χ2v) is 5.60. The van der Waals surface area contributed by atoms with Crippen LogP contribution in [0.25, 0.3) is 11.5 Å². The van der Waals surface area contributed by atoms with Crippen LogP contribution in [0.15, 0.2) is 52.9 Å². The van der Waals surface area contributed by atoms with Gasteiger partial charge in [-0.25, -0.2) is 4.39 Å². The molecule has 0 atom stereocenters. The zero-order valence-electron chi connectivity index (χ0n) is 14.2. The number of ether oxygens (including phenoxy) is 1. The molecular formula is C19H18FN3O3. The van der Waals surface area contributed by atoms with Gasteiger partial charge in [-0.3, -0.25) is 4.79 Å². The average Bonchev–Trinajstić information content (AvgIpc) is 3.15. The average molecular weight is 355 g/mol. The number of carbonyl (C=O) groups excluding carboxylic acids is 1. The Hall–Kier alpha value is -3.22. The molecule has 0 fully saturated rings. The molecule has 2 aromatic carbocycles. The molecule has 1 heterocycles. The van der Waals surface area contributed by atoms with Crippen LogP contribution in [0.5, 0.6) is 5.75 Å². The number of nitrogens with zero attached hydrogens (tertiary/aromatic N) is 2. The highest BCUT2D eigenvalue weighted by molar-refractivity contribution is 5.76. The molecule has 0 aliphatic heterocycles. The molecule has 0 saturated carbocycles. The fourth-order valence-corrected chi connectivity index (χ4v) is 2.41. The van der Waals surface area contributed by atoms with Gasteiger partial charge in [-0.1, -0.05) is 24.3 Å². The maximum atomic E-state index is 13.5. The lowest BCUT2D eigenvalue weighted by Gasteiger charge is -2.04. The third-order valence-electron chi connectivity index (χ3n) is 3.80.